The van der Waals surface area contributed by atoms with Crippen molar-refractivity contribution < 1.29 is 4.79 Å². The molecule has 20 heavy (non-hydrogen) atoms. The summed E-state index contributed by atoms with van der Waals surface area (Å²) in [6, 6.07) is 8.95. The lowest BCUT2D eigenvalue weighted by Crippen LogP contribution is -2.39. The monoisotopic (exact) mass is 315 g/mol. The second-order valence-electron chi connectivity index (χ2n) is 4.67. The lowest BCUT2D eigenvalue weighted by molar-refractivity contribution is -0.118. The maximum atomic E-state index is 11.8. The molecule has 0 fully saturated rings. The number of fused-ring (bicyclic) bond motifs is 1. The molecule has 2 rings (SSSR count). The highest BCUT2D eigenvalue weighted by molar-refractivity contribution is 5.96. The molecule has 0 saturated heterocycles. The van der Waals surface area contributed by atoms with Gasteiger partial charge in [0.2, 0.25) is 5.91 Å². The molecule has 1 amide bonds. The van der Waals surface area contributed by atoms with Gasteiger partial charge >= 0.3 is 0 Å². The maximum Gasteiger partial charge on any atom is 0.241 e. The van der Waals surface area contributed by atoms with E-state index in [0.717, 1.165) is 16.6 Å². The van der Waals surface area contributed by atoms with Crippen LogP contribution in [0.15, 0.2) is 36.5 Å². The summed E-state index contributed by atoms with van der Waals surface area (Å²) in [5.41, 5.74) is 7.45. The van der Waals surface area contributed by atoms with Crippen molar-refractivity contribution in [2.45, 2.75) is 19.9 Å². The summed E-state index contributed by atoms with van der Waals surface area (Å²) in [5.74, 6) is -0.0413. The molecular weight excluding hydrogens is 297 g/mol. The van der Waals surface area contributed by atoms with Gasteiger partial charge in [-0.15, -0.1) is 24.8 Å². The third-order valence-corrected chi connectivity index (χ3v) is 2.89. The number of rotatable bonds is 3. The van der Waals surface area contributed by atoms with E-state index >= 15 is 0 Å². The first-order chi connectivity index (χ1) is 8.58. The molecule has 3 N–H and O–H groups in total. The molecule has 0 aliphatic rings. The number of carbonyl (C=O) groups is 1. The fourth-order valence-corrected chi connectivity index (χ4v) is 1.68. The molecule has 0 radical (unpaired) electrons. The SMILES string of the molecule is CC(C)C(N)C(=O)Nc1ccc2ncccc2c1.Cl.Cl. The topological polar surface area (TPSA) is 68.0 Å². The molecule has 0 aliphatic carbocycles. The smallest absolute Gasteiger partial charge is 0.241 e. The van der Waals surface area contributed by atoms with E-state index in [9.17, 15) is 4.79 Å². The standard InChI is InChI=1S/C14H17N3O.2ClH/c1-9(2)13(15)14(18)17-11-5-6-12-10(8-11)4-3-7-16-12;;/h3-9,13H,15H2,1-2H3,(H,17,18);2*1H. The van der Waals surface area contributed by atoms with Gasteiger partial charge in [0.05, 0.1) is 11.6 Å². The minimum atomic E-state index is -0.491. The Bertz CT molecular complexity index is 575. The van der Waals surface area contributed by atoms with Crippen molar-refractivity contribution in [3.05, 3.63) is 36.5 Å². The molecule has 0 spiro atoms. The van der Waals surface area contributed by atoms with E-state index in [1.54, 1.807) is 6.20 Å². The minimum absolute atomic E-state index is 0. The molecule has 110 valence electrons. The van der Waals surface area contributed by atoms with Crippen LogP contribution in [0.5, 0.6) is 0 Å². The number of aromatic nitrogens is 1. The van der Waals surface area contributed by atoms with Crippen LogP contribution in [0, 0.1) is 5.92 Å². The van der Waals surface area contributed by atoms with Gasteiger partial charge < -0.3 is 11.1 Å². The van der Waals surface area contributed by atoms with Gasteiger partial charge in [0.25, 0.3) is 0 Å². The van der Waals surface area contributed by atoms with Crippen LogP contribution in [0.3, 0.4) is 0 Å². The Morgan fingerprint density at radius 1 is 1.25 bits per heavy atom. The molecule has 6 heteroatoms. The summed E-state index contributed by atoms with van der Waals surface area (Å²) < 4.78 is 0. The number of hydrogen-bond donors (Lipinski definition) is 2. The van der Waals surface area contributed by atoms with Gasteiger partial charge in [0.1, 0.15) is 0 Å². The largest absolute Gasteiger partial charge is 0.325 e. The molecular formula is C14H19Cl2N3O. The number of carbonyl (C=O) groups excluding carboxylic acids is 1. The van der Waals surface area contributed by atoms with E-state index in [1.807, 2.05) is 44.2 Å². The van der Waals surface area contributed by atoms with Crippen molar-refractivity contribution >= 4 is 47.3 Å². The second-order valence-corrected chi connectivity index (χ2v) is 4.67. The lowest BCUT2D eigenvalue weighted by Gasteiger charge is -2.15. The van der Waals surface area contributed by atoms with Crippen molar-refractivity contribution in [1.29, 1.82) is 0 Å². The highest BCUT2D eigenvalue weighted by atomic mass is 35.5. The third kappa shape index (κ3) is 4.34. The molecule has 0 saturated carbocycles. The fraction of sp³-hybridized carbons (Fsp3) is 0.286. The fourth-order valence-electron chi connectivity index (χ4n) is 1.68. The second kappa shape index (κ2) is 8.04. The van der Waals surface area contributed by atoms with Crippen molar-refractivity contribution in [2.75, 3.05) is 5.32 Å². The molecule has 1 atom stereocenters. The summed E-state index contributed by atoms with van der Waals surface area (Å²) in [5, 5.41) is 3.82. The molecule has 0 aliphatic heterocycles. The first-order valence-corrected chi connectivity index (χ1v) is 5.99. The van der Waals surface area contributed by atoms with E-state index in [4.69, 9.17) is 5.73 Å². The van der Waals surface area contributed by atoms with Gasteiger partial charge in [-0.3, -0.25) is 9.78 Å². The van der Waals surface area contributed by atoms with Crippen molar-refractivity contribution in [3.8, 4) is 0 Å². The van der Waals surface area contributed by atoms with Crippen molar-refractivity contribution in [2.24, 2.45) is 11.7 Å². The van der Waals surface area contributed by atoms with Crippen LogP contribution in [-0.2, 0) is 4.79 Å². The van der Waals surface area contributed by atoms with Crippen LogP contribution in [0.4, 0.5) is 5.69 Å². The number of nitrogens with zero attached hydrogens (tertiary/aromatic N) is 1. The van der Waals surface area contributed by atoms with E-state index in [0.29, 0.717) is 0 Å². The lowest BCUT2D eigenvalue weighted by atomic mass is 10.0. The zero-order valence-electron chi connectivity index (χ0n) is 11.4. The highest BCUT2D eigenvalue weighted by Crippen LogP contribution is 2.17. The van der Waals surface area contributed by atoms with Crippen LogP contribution in [0.2, 0.25) is 0 Å². The number of pyridine rings is 1. The van der Waals surface area contributed by atoms with Gasteiger partial charge in [-0.05, 0) is 30.2 Å². The predicted molar refractivity (Wildman–Crippen MR) is 87.7 cm³/mol. The molecule has 1 heterocycles. The molecule has 1 unspecified atom stereocenters. The Morgan fingerprint density at radius 2 is 1.95 bits per heavy atom. The van der Waals surface area contributed by atoms with Gasteiger partial charge in [-0.2, -0.15) is 0 Å². The first-order valence-electron chi connectivity index (χ1n) is 5.99. The number of hydrogen-bond acceptors (Lipinski definition) is 3. The normalized spacial score (nSPS) is 11.4. The summed E-state index contributed by atoms with van der Waals surface area (Å²) >= 11 is 0. The average molecular weight is 316 g/mol. The number of nitrogens with two attached hydrogens (primary N) is 1. The summed E-state index contributed by atoms with van der Waals surface area (Å²) in [7, 11) is 0. The highest BCUT2D eigenvalue weighted by Gasteiger charge is 2.17. The Kier molecular flexibility index (Phi) is 7.50. The number of halogens is 2. The zero-order valence-corrected chi connectivity index (χ0v) is 13.0. The van der Waals surface area contributed by atoms with Crippen molar-refractivity contribution in [1.82, 2.24) is 4.98 Å². The zero-order chi connectivity index (χ0) is 13.1. The third-order valence-electron chi connectivity index (χ3n) is 2.89. The van der Waals surface area contributed by atoms with Gasteiger partial charge in [-0.1, -0.05) is 19.9 Å². The Hall–Kier alpha value is -1.36. The van der Waals surface area contributed by atoms with Crippen LogP contribution >= 0.6 is 24.8 Å². The molecule has 0 bridgehead atoms. The Labute approximate surface area is 131 Å². The Morgan fingerprint density at radius 3 is 2.60 bits per heavy atom. The van der Waals surface area contributed by atoms with Gasteiger partial charge in [0, 0.05) is 17.3 Å². The summed E-state index contributed by atoms with van der Waals surface area (Å²) in [6.07, 6.45) is 1.75. The quantitative estimate of drug-likeness (QED) is 0.914. The van der Waals surface area contributed by atoms with Gasteiger partial charge in [0.15, 0.2) is 0 Å². The van der Waals surface area contributed by atoms with E-state index < -0.39 is 6.04 Å². The van der Waals surface area contributed by atoms with E-state index in [2.05, 4.69) is 10.3 Å². The van der Waals surface area contributed by atoms with Crippen molar-refractivity contribution in [3.63, 3.8) is 0 Å². The number of anilines is 1. The van der Waals surface area contributed by atoms with Crippen LogP contribution in [-0.4, -0.2) is 16.9 Å². The van der Waals surface area contributed by atoms with Gasteiger partial charge in [-0.25, -0.2) is 0 Å². The molecule has 1 aromatic heterocycles. The Balaban J connectivity index is 0.00000180. The average Bonchev–Trinajstić information content (AvgIpc) is 2.37. The molecule has 1 aromatic carbocycles. The number of amides is 1. The summed E-state index contributed by atoms with van der Waals surface area (Å²) in [6.45, 7) is 3.85. The molecule has 2 aromatic rings. The minimum Gasteiger partial charge on any atom is -0.325 e. The van der Waals surface area contributed by atoms with Crippen LogP contribution in [0.1, 0.15) is 13.8 Å². The maximum absolute atomic E-state index is 11.8. The van der Waals surface area contributed by atoms with Crippen LogP contribution < -0.4 is 11.1 Å². The number of benzene rings is 1. The molecule has 4 nitrogen and oxygen atoms in total. The summed E-state index contributed by atoms with van der Waals surface area (Å²) in [4.78, 5) is 16.1. The van der Waals surface area contributed by atoms with E-state index in [1.165, 1.54) is 0 Å². The van der Waals surface area contributed by atoms with Crippen LogP contribution in [0.25, 0.3) is 10.9 Å². The predicted octanol–water partition coefficient (Wildman–Crippen LogP) is 3.00. The van der Waals surface area contributed by atoms with E-state index in [-0.39, 0.29) is 36.6 Å². The number of nitrogens with one attached hydrogen (secondary N) is 1. The first kappa shape index (κ1) is 18.6.